The van der Waals surface area contributed by atoms with Crippen LogP contribution in [0, 0.1) is 17.2 Å². The van der Waals surface area contributed by atoms with Gasteiger partial charge in [-0.15, -0.1) is 0 Å². The highest BCUT2D eigenvalue weighted by molar-refractivity contribution is 6.01. The number of nitriles is 1. The molecule has 1 saturated heterocycles. The number of nitrogens with one attached hydrogen (secondary N) is 1. The zero-order valence-corrected chi connectivity index (χ0v) is 19.5. The molecule has 6 nitrogen and oxygen atoms in total. The molecule has 2 heterocycles. The number of rotatable bonds is 5. The molecule has 2 aliphatic rings. The number of hydrogen-bond acceptors (Lipinski definition) is 4. The molecule has 0 saturated carbocycles. The molecule has 1 aliphatic carbocycles. The molecule has 1 amide bonds. The minimum absolute atomic E-state index is 0.0819. The van der Waals surface area contributed by atoms with E-state index >= 15 is 0 Å². The van der Waals surface area contributed by atoms with Crippen LogP contribution in [0.25, 0.3) is 11.1 Å². The molecule has 1 unspecified atom stereocenters. The average molecular weight is 442 g/mol. The molecular formula is C27H31N5O. The third-order valence-electron chi connectivity index (χ3n) is 6.80. The number of carbonyl (C=O) groups excluding carboxylic acids is 1. The lowest BCUT2D eigenvalue weighted by molar-refractivity contribution is 0.0664. The highest BCUT2D eigenvalue weighted by Gasteiger charge is 2.23. The number of H-pyrrole nitrogens is 1. The first kappa shape index (κ1) is 22.8. The fraction of sp³-hybridized carbons (Fsp3) is 0.370. The van der Waals surface area contributed by atoms with E-state index in [0.29, 0.717) is 0 Å². The van der Waals surface area contributed by atoms with E-state index < -0.39 is 0 Å². The molecule has 6 heteroatoms. The Kier molecular flexibility index (Phi) is 6.90. The van der Waals surface area contributed by atoms with Gasteiger partial charge in [-0.2, -0.15) is 5.26 Å². The summed E-state index contributed by atoms with van der Waals surface area (Å²) >= 11 is 0. The van der Waals surface area contributed by atoms with E-state index in [1.165, 1.54) is 5.57 Å². The Morgan fingerprint density at radius 2 is 1.85 bits per heavy atom. The summed E-state index contributed by atoms with van der Waals surface area (Å²) in [5, 5.41) is 9.29. The van der Waals surface area contributed by atoms with Crippen LogP contribution in [-0.4, -0.2) is 60.6 Å². The van der Waals surface area contributed by atoms with Gasteiger partial charge in [-0.25, -0.2) is 4.99 Å². The van der Waals surface area contributed by atoms with Crippen molar-refractivity contribution >= 4 is 29.6 Å². The van der Waals surface area contributed by atoms with Gasteiger partial charge in [0.25, 0.3) is 5.91 Å². The highest BCUT2D eigenvalue weighted by atomic mass is 16.2. The molecule has 1 aromatic carbocycles. The molecule has 4 rings (SSSR count). The molecule has 1 N–H and O–H groups in total. The zero-order chi connectivity index (χ0) is 23.4. The van der Waals surface area contributed by atoms with Crippen LogP contribution in [-0.2, 0) is 0 Å². The lowest BCUT2D eigenvalue weighted by atomic mass is 9.82. The Bertz CT molecular complexity index is 1120. The molecule has 170 valence electrons. The molecule has 0 spiro atoms. The van der Waals surface area contributed by atoms with Crippen molar-refractivity contribution in [2.24, 2.45) is 10.9 Å². The number of aromatic nitrogens is 1. The first-order valence-electron chi connectivity index (χ1n) is 11.5. The second-order valence-electron chi connectivity index (χ2n) is 8.90. The zero-order valence-electron chi connectivity index (χ0n) is 19.5. The summed E-state index contributed by atoms with van der Waals surface area (Å²) < 4.78 is 0. The van der Waals surface area contributed by atoms with Gasteiger partial charge in [0, 0.05) is 43.5 Å². The maximum Gasteiger partial charge on any atom is 0.253 e. The molecular weight excluding hydrogens is 410 g/mol. The number of aliphatic imine (C=N–C) groups is 1. The van der Waals surface area contributed by atoms with Gasteiger partial charge in [-0.05, 0) is 80.4 Å². The van der Waals surface area contributed by atoms with Crippen LogP contribution in [0.15, 0.2) is 53.2 Å². The monoisotopic (exact) mass is 441 g/mol. The molecule has 1 aliphatic heterocycles. The highest BCUT2D eigenvalue weighted by Crippen LogP contribution is 2.41. The van der Waals surface area contributed by atoms with Gasteiger partial charge in [-0.1, -0.05) is 18.2 Å². The number of nitrogens with zero attached hydrogens (tertiary/aromatic N) is 4. The van der Waals surface area contributed by atoms with E-state index in [0.717, 1.165) is 79.1 Å². The van der Waals surface area contributed by atoms with Crippen LogP contribution >= 0.6 is 0 Å². The summed E-state index contributed by atoms with van der Waals surface area (Å²) in [5.41, 5.74) is 6.30. The van der Waals surface area contributed by atoms with E-state index in [1.54, 1.807) is 0 Å². The Morgan fingerprint density at radius 1 is 1.15 bits per heavy atom. The topological polar surface area (TPSA) is 75.5 Å². The van der Waals surface area contributed by atoms with Gasteiger partial charge in [0.05, 0.1) is 12.0 Å². The minimum atomic E-state index is 0.0819. The third kappa shape index (κ3) is 4.84. The first-order valence-corrected chi connectivity index (χ1v) is 11.5. The van der Waals surface area contributed by atoms with Crippen molar-refractivity contribution in [3.63, 3.8) is 0 Å². The van der Waals surface area contributed by atoms with Crippen LogP contribution in [0.5, 0.6) is 0 Å². The standard InChI is InChI=1S/C27H31N5O/c1-19(21-8-10-23(11-9-21)27(33)32-16-14-31(3)15-17-32)25(24-12-13-30-26(24)29-2)22-6-4-20(18-28)5-7-22/h6,8-13,20,30H,2,4-5,7,14-17H2,1,3H3/b25-19+. The second kappa shape index (κ2) is 10.0. The molecule has 0 radical (unpaired) electrons. The Balaban J connectivity index is 1.67. The molecule has 0 bridgehead atoms. The lowest BCUT2D eigenvalue weighted by Gasteiger charge is -2.32. The second-order valence-corrected chi connectivity index (χ2v) is 8.90. The van der Waals surface area contributed by atoms with Gasteiger partial charge in [0.1, 0.15) is 5.82 Å². The number of aromatic amines is 1. The summed E-state index contributed by atoms with van der Waals surface area (Å²) in [6, 6.07) is 12.4. The van der Waals surface area contributed by atoms with Gasteiger partial charge in [0.2, 0.25) is 0 Å². The largest absolute Gasteiger partial charge is 0.346 e. The summed E-state index contributed by atoms with van der Waals surface area (Å²) in [7, 11) is 2.09. The SMILES string of the molecule is C=Nc1[nH]ccc1/C(C1=CCC(C#N)CC1)=C(\C)c1ccc(C(=O)N2CCN(C)CC2)cc1. The quantitative estimate of drug-likeness (QED) is 0.670. The predicted molar refractivity (Wildman–Crippen MR) is 133 cm³/mol. The predicted octanol–water partition coefficient (Wildman–Crippen LogP) is 4.92. The smallest absolute Gasteiger partial charge is 0.253 e. The number of benzene rings is 1. The van der Waals surface area contributed by atoms with Crippen LogP contribution in [0.2, 0.25) is 0 Å². The molecule has 2 aromatic rings. The van der Waals surface area contributed by atoms with Gasteiger partial charge >= 0.3 is 0 Å². The van der Waals surface area contributed by atoms with E-state index in [1.807, 2.05) is 41.4 Å². The maximum atomic E-state index is 12.9. The summed E-state index contributed by atoms with van der Waals surface area (Å²) in [5.74, 6) is 0.922. The number of allylic oxidation sites excluding steroid dienone is 4. The van der Waals surface area contributed by atoms with E-state index in [-0.39, 0.29) is 11.8 Å². The Morgan fingerprint density at radius 3 is 2.45 bits per heavy atom. The van der Waals surface area contributed by atoms with Crippen LogP contribution in [0.3, 0.4) is 0 Å². The Hall–Kier alpha value is -3.43. The van der Waals surface area contributed by atoms with Gasteiger partial charge < -0.3 is 14.8 Å². The van der Waals surface area contributed by atoms with Crippen LogP contribution in [0.4, 0.5) is 5.82 Å². The normalized spacial score (nSPS) is 20.0. The van der Waals surface area contributed by atoms with E-state index in [9.17, 15) is 10.1 Å². The summed E-state index contributed by atoms with van der Waals surface area (Å²) in [4.78, 5) is 24.5. The number of carbonyl (C=O) groups is 1. The van der Waals surface area contributed by atoms with Crippen molar-refractivity contribution in [2.45, 2.75) is 26.2 Å². The molecule has 1 aromatic heterocycles. The average Bonchev–Trinajstić information content (AvgIpc) is 3.33. The number of hydrogen-bond donors (Lipinski definition) is 1. The van der Waals surface area contributed by atoms with Crippen molar-refractivity contribution in [3.8, 4) is 6.07 Å². The van der Waals surface area contributed by atoms with Gasteiger partial charge in [0.15, 0.2) is 0 Å². The van der Waals surface area contributed by atoms with Crippen LogP contribution < -0.4 is 0 Å². The van der Waals surface area contributed by atoms with Crippen LogP contribution in [0.1, 0.15) is 47.7 Å². The van der Waals surface area contributed by atoms with Crippen molar-refractivity contribution < 1.29 is 4.79 Å². The fourth-order valence-electron chi connectivity index (χ4n) is 4.69. The van der Waals surface area contributed by atoms with Crippen molar-refractivity contribution in [3.05, 3.63) is 64.9 Å². The van der Waals surface area contributed by atoms with Gasteiger partial charge in [-0.3, -0.25) is 4.79 Å². The summed E-state index contributed by atoms with van der Waals surface area (Å²) in [6.45, 7) is 9.19. The first-order chi connectivity index (χ1) is 16.0. The minimum Gasteiger partial charge on any atom is -0.346 e. The maximum absolute atomic E-state index is 12.9. The number of amides is 1. The molecule has 1 fully saturated rings. The Labute approximate surface area is 195 Å². The molecule has 1 atom stereocenters. The van der Waals surface area contributed by atoms with Crippen molar-refractivity contribution in [1.29, 1.82) is 5.26 Å². The van der Waals surface area contributed by atoms with Crippen molar-refractivity contribution in [2.75, 3.05) is 33.2 Å². The van der Waals surface area contributed by atoms with E-state index in [4.69, 9.17) is 0 Å². The van der Waals surface area contributed by atoms with Crippen molar-refractivity contribution in [1.82, 2.24) is 14.8 Å². The fourth-order valence-corrected chi connectivity index (χ4v) is 4.69. The third-order valence-corrected chi connectivity index (χ3v) is 6.80. The lowest BCUT2D eigenvalue weighted by Crippen LogP contribution is -2.47. The van der Waals surface area contributed by atoms with E-state index in [2.05, 4.69) is 47.7 Å². The number of piperazine rings is 1. The summed E-state index contributed by atoms with van der Waals surface area (Å²) in [6.07, 6.45) is 6.56. The number of likely N-dealkylation sites (N-methyl/N-ethyl adjacent to an activating group) is 1. The molecule has 33 heavy (non-hydrogen) atoms.